The van der Waals surface area contributed by atoms with Crippen LogP contribution in [0, 0.1) is 0 Å². The summed E-state index contributed by atoms with van der Waals surface area (Å²) >= 11 is 7.24. The minimum absolute atomic E-state index is 0.619. The standard InChI is InChI=1S/C10H16BrNS2/c1-12-8(5-6-13-2)7-9-3-4-10(11)14-9/h3-4,8,12H,5-7H2,1-2H3. The molecule has 1 nitrogen and oxygen atoms in total. The maximum atomic E-state index is 3.49. The molecule has 0 amide bonds. The number of thioether (sulfide) groups is 1. The average Bonchev–Trinajstić information content (AvgIpc) is 2.58. The number of nitrogens with one attached hydrogen (secondary N) is 1. The Bertz CT molecular complexity index is 262. The Labute approximate surface area is 103 Å². The molecule has 0 aliphatic carbocycles. The Hall–Kier alpha value is 0.490. The van der Waals surface area contributed by atoms with Crippen LogP contribution in [-0.4, -0.2) is 25.1 Å². The van der Waals surface area contributed by atoms with Crippen LogP contribution in [0.25, 0.3) is 0 Å². The van der Waals surface area contributed by atoms with Crippen molar-refractivity contribution in [3.63, 3.8) is 0 Å². The number of thiophene rings is 1. The molecule has 1 aromatic rings. The molecule has 1 aromatic heterocycles. The van der Waals surface area contributed by atoms with Crippen molar-refractivity contribution in [3.05, 3.63) is 20.8 Å². The van der Waals surface area contributed by atoms with Gasteiger partial charge < -0.3 is 5.32 Å². The highest BCUT2D eigenvalue weighted by Crippen LogP contribution is 2.23. The summed E-state index contributed by atoms with van der Waals surface area (Å²) in [4.78, 5) is 1.46. The molecule has 14 heavy (non-hydrogen) atoms. The molecule has 4 heteroatoms. The third-order valence-electron chi connectivity index (χ3n) is 2.16. The molecule has 1 atom stereocenters. The van der Waals surface area contributed by atoms with Gasteiger partial charge in [-0.2, -0.15) is 11.8 Å². The smallest absolute Gasteiger partial charge is 0.0701 e. The minimum atomic E-state index is 0.619. The summed E-state index contributed by atoms with van der Waals surface area (Å²) in [5.74, 6) is 1.23. The second kappa shape index (κ2) is 6.88. The molecule has 0 saturated heterocycles. The highest BCUT2D eigenvalue weighted by Gasteiger charge is 2.08. The summed E-state index contributed by atoms with van der Waals surface area (Å²) in [5.41, 5.74) is 0. The molecule has 1 unspecified atom stereocenters. The Morgan fingerprint density at radius 2 is 2.36 bits per heavy atom. The minimum Gasteiger partial charge on any atom is -0.317 e. The second-order valence-electron chi connectivity index (χ2n) is 3.18. The summed E-state index contributed by atoms with van der Waals surface area (Å²) in [7, 11) is 2.05. The van der Waals surface area contributed by atoms with Crippen molar-refractivity contribution < 1.29 is 0 Å². The summed E-state index contributed by atoms with van der Waals surface area (Å²) in [5, 5.41) is 3.37. The maximum Gasteiger partial charge on any atom is 0.0701 e. The molecule has 0 spiro atoms. The zero-order valence-electron chi connectivity index (χ0n) is 8.55. The van der Waals surface area contributed by atoms with E-state index in [1.54, 1.807) is 0 Å². The van der Waals surface area contributed by atoms with E-state index in [2.05, 4.69) is 39.6 Å². The fraction of sp³-hybridized carbons (Fsp3) is 0.600. The molecule has 0 aromatic carbocycles. The molecule has 80 valence electrons. The number of rotatable bonds is 6. The Kier molecular flexibility index (Phi) is 6.17. The predicted molar refractivity (Wildman–Crippen MR) is 71.6 cm³/mol. The number of halogens is 1. The van der Waals surface area contributed by atoms with Gasteiger partial charge >= 0.3 is 0 Å². The molecular formula is C10H16BrNS2. The Balaban J connectivity index is 2.40. The molecule has 1 rings (SSSR count). The van der Waals surface area contributed by atoms with Gasteiger partial charge in [-0.15, -0.1) is 11.3 Å². The third-order valence-corrected chi connectivity index (χ3v) is 4.45. The van der Waals surface area contributed by atoms with Gasteiger partial charge in [0.1, 0.15) is 0 Å². The fourth-order valence-electron chi connectivity index (χ4n) is 1.31. The van der Waals surface area contributed by atoms with E-state index in [0.717, 1.165) is 6.42 Å². The van der Waals surface area contributed by atoms with E-state index >= 15 is 0 Å². The van der Waals surface area contributed by atoms with Crippen molar-refractivity contribution >= 4 is 39.0 Å². The van der Waals surface area contributed by atoms with E-state index in [-0.39, 0.29) is 0 Å². The van der Waals surface area contributed by atoms with Crippen LogP contribution in [0.1, 0.15) is 11.3 Å². The van der Waals surface area contributed by atoms with Gasteiger partial charge in [0.15, 0.2) is 0 Å². The van der Waals surface area contributed by atoms with E-state index in [1.807, 2.05) is 30.1 Å². The zero-order valence-corrected chi connectivity index (χ0v) is 11.8. The van der Waals surface area contributed by atoms with Crippen molar-refractivity contribution in [2.45, 2.75) is 18.9 Å². The highest BCUT2D eigenvalue weighted by atomic mass is 79.9. The van der Waals surface area contributed by atoms with Crippen LogP contribution in [0.2, 0.25) is 0 Å². The normalized spacial score (nSPS) is 13.1. The van der Waals surface area contributed by atoms with Crippen molar-refractivity contribution in [2.75, 3.05) is 19.1 Å². The van der Waals surface area contributed by atoms with Crippen molar-refractivity contribution in [3.8, 4) is 0 Å². The van der Waals surface area contributed by atoms with Crippen molar-refractivity contribution in [1.82, 2.24) is 5.32 Å². The molecule has 0 bridgehead atoms. The lowest BCUT2D eigenvalue weighted by molar-refractivity contribution is 0.551. The Morgan fingerprint density at radius 1 is 1.57 bits per heavy atom. The quantitative estimate of drug-likeness (QED) is 0.863. The van der Waals surface area contributed by atoms with Gasteiger partial charge in [-0.3, -0.25) is 0 Å². The zero-order chi connectivity index (χ0) is 10.4. The Morgan fingerprint density at radius 3 is 2.86 bits per heavy atom. The molecule has 0 saturated carbocycles. The van der Waals surface area contributed by atoms with Crippen molar-refractivity contribution in [1.29, 1.82) is 0 Å². The fourth-order valence-corrected chi connectivity index (χ4v) is 3.40. The van der Waals surface area contributed by atoms with Gasteiger partial charge in [-0.05, 0) is 60.0 Å². The van der Waals surface area contributed by atoms with E-state index in [0.29, 0.717) is 6.04 Å². The first-order valence-corrected chi connectivity index (χ1v) is 7.67. The van der Waals surface area contributed by atoms with E-state index in [4.69, 9.17) is 0 Å². The molecule has 0 fully saturated rings. The first-order chi connectivity index (χ1) is 6.76. The largest absolute Gasteiger partial charge is 0.317 e. The molecule has 0 aliphatic heterocycles. The van der Waals surface area contributed by atoms with Crippen LogP contribution in [0.15, 0.2) is 15.9 Å². The van der Waals surface area contributed by atoms with Gasteiger partial charge in [0.2, 0.25) is 0 Å². The number of likely N-dealkylation sites (N-methyl/N-ethyl adjacent to an activating group) is 1. The summed E-state index contributed by atoms with van der Waals surface area (Å²) in [6.45, 7) is 0. The lowest BCUT2D eigenvalue weighted by Crippen LogP contribution is -2.27. The molecule has 1 heterocycles. The molecule has 1 N–H and O–H groups in total. The average molecular weight is 294 g/mol. The van der Waals surface area contributed by atoms with Crippen molar-refractivity contribution in [2.24, 2.45) is 0 Å². The summed E-state index contributed by atoms with van der Waals surface area (Å²) in [6, 6.07) is 4.95. The first kappa shape index (κ1) is 12.6. The topological polar surface area (TPSA) is 12.0 Å². The highest BCUT2D eigenvalue weighted by molar-refractivity contribution is 9.11. The van der Waals surface area contributed by atoms with Crippen LogP contribution in [0.5, 0.6) is 0 Å². The van der Waals surface area contributed by atoms with Gasteiger partial charge in [0, 0.05) is 10.9 Å². The van der Waals surface area contributed by atoms with Crippen LogP contribution >= 0.6 is 39.0 Å². The van der Waals surface area contributed by atoms with Gasteiger partial charge in [0.05, 0.1) is 3.79 Å². The van der Waals surface area contributed by atoms with Gasteiger partial charge in [-0.1, -0.05) is 0 Å². The lowest BCUT2D eigenvalue weighted by atomic mass is 10.1. The first-order valence-electron chi connectivity index (χ1n) is 4.66. The van der Waals surface area contributed by atoms with Crippen LogP contribution < -0.4 is 5.32 Å². The van der Waals surface area contributed by atoms with E-state index in [9.17, 15) is 0 Å². The van der Waals surface area contributed by atoms with Crippen LogP contribution in [0.4, 0.5) is 0 Å². The molecule has 0 radical (unpaired) electrons. The lowest BCUT2D eigenvalue weighted by Gasteiger charge is -2.14. The summed E-state index contributed by atoms with van der Waals surface area (Å²) in [6.07, 6.45) is 4.55. The third kappa shape index (κ3) is 4.34. The predicted octanol–water partition coefficient (Wildman–Crippen LogP) is 3.39. The van der Waals surface area contributed by atoms with E-state index in [1.165, 1.54) is 20.8 Å². The maximum absolute atomic E-state index is 3.49. The van der Waals surface area contributed by atoms with Crippen LogP contribution in [-0.2, 0) is 6.42 Å². The number of hydrogen-bond acceptors (Lipinski definition) is 3. The summed E-state index contributed by atoms with van der Waals surface area (Å²) < 4.78 is 1.23. The SMILES string of the molecule is CNC(CCSC)Cc1ccc(Br)s1. The second-order valence-corrected chi connectivity index (χ2v) is 6.71. The van der Waals surface area contributed by atoms with E-state index < -0.39 is 0 Å². The molecule has 0 aliphatic rings. The van der Waals surface area contributed by atoms with Gasteiger partial charge in [0.25, 0.3) is 0 Å². The molecular weight excluding hydrogens is 278 g/mol. The van der Waals surface area contributed by atoms with Gasteiger partial charge in [-0.25, -0.2) is 0 Å². The van der Waals surface area contributed by atoms with Crippen LogP contribution in [0.3, 0.4) is 0 Å². The number of hydrogen-bond donors (Lipinski definition) is 1. The monoisotopic (exact) mass is 293 g/mol.